The highest BCUT2D eigenvalue weighted by Crippen LogP contribution is 2.63. The maximum absolute atomic E-state index is 15.1. The predicted molar refractivity (Wildman–Crippen MR) is 153 cm³/mol. The van der Waals surface area contributed by atoms with Crippen LogP contribution in [0, 0.1) is 20.8 Å². The fourth-order valence-electron chi connectivity index (χ4n) is 4.53. The van der Waals surface area contributed by atoms with Gasteiger partial charge in [-0.25, -0.2) is 13.0 Å². The molecule has 0 spiro atoms. The number of methoxy groups -OCH3 is 1. The van der Waals surface area contributed by atoms with Gasteiger partial charge in [0.15, 0.2) is 5.28 Å². The molecule has 1 N–H and O–H groups in total. The lowest BCUT2D eigenvalue weighted by molar-refractivity contribution is 0.337. The molecule has 0 aliphatic heterocycles. The van der Waals surface area contributed by atoms with Crippen molar-refractivity contribution < 1.29 is 26.8 Å². The van der Waals surface area contributed by atoms with Crippen LogP contribution in [-0.4, -0.2) is 15.5 Å². The lowest BCUT2D eigenvalue weighted by Gasteiger charge is -2.37. The zero-order chi connectivity index (χ0) is 28.3. The zero-order valence-corrected chi connectivity index (χ0v) is 24.3. The van der Waals surface area contributed by atoms with Crippen LogP contribution in [0.3, 0.4) is 0 Å². The van der Waals surface area contributed by atoms with Crippen LogP contribution in [0.5, 0.6) is 17.2 Å². The quantitative estimate of drug-likeness (QED) is 0.206. The summed E-state index contributed by atoms with van der Waals surface area (Å²) in [6.45, 7) is 6.89. The zero-order valence-electron chi connectivity index (χ0n) is 22.5. The predicted octanol–water partition coefficient (Wildman–Crippen LogP) is 7.12. The molecule has 4 aromatic carbocycles. The Balaban J connectivity index is 1.94. The highest BCUT2D eigenvalue weighted by atomic mass is 32.2. The van der Waals surface area contributed by atoms with Gasteiger partial charge in [0.05, 0.1) is 12.0 Å². The number of rotatable bonds is 10. The molecule has 0 radical (unpaired) electrons. The first-order chi connectivity index (χ1) is 18.5. The van der Waals surface area contributed by atoms with Gasteiger partial charge in [0.2, 0.25) is 10.0 Å². The van der Waals surface area contributed by atoms with Gasteiger partial charge in [-0.3, -0.25) is 0 Å². The van der Waals surface area contributed by atoms with E-state index in [4.69, 9.17) is 13.8 Å². The number of hydrogen-bond donors (Lipinski definition) is 1. The second kappa shape index (κ2) is 11.3. The van der Waals surface area contributed by atoms with Gasteiger partial charge >= 0.3 is 7.60 Å². The molecule has 0 amide bonds. The molecular weight excluding hydrogens is 533 g/mol. The Morgan fingerprint density at radius 1 is 0.718 bits per heavy atom. The van der Waals surface area contributed by atoms with Crippen molar-refractivity contribution >= 4 is 17.6 Å². The molecule has 1 atom stereocenters. The topological polar surface area (TPSA) is 90.9 Å². The van der Waals surface area contributed by atoms with E-state index in [9.17, 15) is 8.42 Å². The minimum absolute atomic E-state index is 0.110. The summed E-state index contributed by atoms with van der Waals surface area (Å²) in [5.41, 5.74) is 2.44. The Labute approximate surface area is 230 Å². The van der Waals surface area contributed by atoms with Gasteiger partial charge in [-0.2, -0.15) is 4.72 Å². The highest BCUT2D eigenvalue weighted by Gasteiger charge is 2.54. The van der Waals surface area contributed by atoms with Crippen molar-refractivity contribution in [3.63, 3.8) is 0 Å². The van der Waals surface area contributed by atoms with Crippen molar-refractivity contribution in [2.75, 3.05) is 7.11 Å². The van der Waals surface area contributed by atoms with Crippen LogP contribution in [-0.2, 0) is 19.9 Å². The molecule has 1 unspecified atom stereocenters. The number of sulfonamides is 1. The normalized spacial score (nSPS) is 13.4. The summed E-state index contributed by atoms with van der Waals surface area (Å²) < 4.78 is 63.5. The van der Waals surface area contributed by atoms with E-state index < -0.39 is 22.9 Å². The molecule has 9 heteroatoms. The van der Waals surface area contributed by atoms with Crippen LogP contribution in [0.2, 0.25) is 0 Å². The van der Waals surface area contributed by atoms with Crippen LogP contribution < -0.4 is 18.5 Å². The van der Waals surface area contributed by atoms with E-state index in [1.807, 2.05) is 6.92 Å². The average Bonchev–Trinajstić information content (AvgIpc) is 2.88. The molecule has 0 saturated carbocycles. The summed E-state index contributed by atoms with van der Waals surface area (Å²) in [4.78, 5) is 0.110. The molecule has 4 rings (SSSR count). The Morgan fingerprint density at radius 2 is 1.18 bits per heavy atom. The average molecular weight is 566 g/mol. The van der Waals surface area contributed by atoms with E-state index in [1.165, 1.54) is 14.0 Å². The third-order valence-electron chi connectivity index (χ3n) is 6.34. The van der Waals surface area contributed by atoms with Gasteiger partial charge in [0.25, 0.3) is 0 Å². The number of aryl methyl sites for hydroxylation is 3. The van der Waals surface area contributed by atoms with Gasteiger partial charge in [-0.15, -0.1) is 0 Å². The summed E-state index contributed by atoms with van der Waals surface area (Å²) in [6.07, 6.45) is 0. The largest absolute Gasteiger partial charge is 0.497 e. The first kappa shape index (κ1) is 28.4. The van der Waals surface area contributed by atoms with E-state index in [0.717, 1.165) is 5.56 Å². The molecule has 0 bridgehead atoms. The molecule has 0 aromatic heterocycles. The van der Waals surface area contributed by atoms with Crippen molar-refractivity contribution in [3.05, 3.63) is 119 Å². The number of para-hydroxylation sites is 2. The van der Waals surface area contributed by atoms with Crippen molar-refractivity contribution in [2.45, 2.75) is 37.9 Å². The van der Waals surface area contributed by atoms with Gasteiger partial charge in [-0.05, 0) is 80.8 Å². The van der Waals surface area contributed by atoms with Crippen LogP contribution in [0.4, 0.5) is 0 Å². The maximum Gasteiger partial charge on any atom is 0.455 e. The van der Waals surface area contributed by atoms with Crippen LogP contribution in [0.1, 0.15) is 29.2 Å². The molecular formula is C30H32NO6PS. The lowest BCUT2D eigenvalue weighted by Crippen LogP contribution is -2.45. The minimum atomic E-state index is -4.42. The smallest absolute Gasteiger partial charge is 0.455 e. The van der Waals surface area contributed by atoms with Gasteiger partial charge in [-0.1, -0.05) is 66.2 Å². The van der Waals surface area contributed by atoms with Crippen molar-refractivity contribution in [1.82, 2.24) is 4.72 Å². The van der Waals surface area contributed by atoms with Crippen molar-refractivity contribution in [1.29, 1.82) is 0 Å². The third-order valence-corrected chi connectivity index (χ3v) is 10.7. The number of nitrogens with one attached hydrogen (secondary N) is 1. The summed E-state index contributed by atoms with van der Waals surface area (Å²) in [5, 5.41) is -1.87. The molecule has 4 aromatic rings. The standard InChI is InChI=1S/C30H32NO6PS/c1-22-20-23(2)29(24(3)21-22)39(33,34)31-30(4,25-16-18-26(35-5)19-17-25)38(32,36-27-12-8-6-9-13-27)37-28-14-10-7-11-15-28/h6-21,31H,1-5H3. The minimum Gasteiger partial charge on any atom is -0.497 e. The lowest BCUT2D eigenvalue weighted by atomic mass is 10.1. The second-order valence-electron chi connectivity index (χ2n) is 9.44. The Morgan fingerprint density at radius 3 is 1.62 bits per heavy atom. The number of ether oxygens (including phenoxy) is 1. The molecule has 204 valence electrons. The van der Waals surface area contributed by atoms with E-state index in [2.05, 4.69) is 4.72 Å². The van der Waals surface area contributed by atoms with Gasteiger partial charge < -0.3 is 13.8 Å². The Bertz CT molecular complexity index is 1520. The fraction of sp³-hybridized carbons (Fsp3) is 0.200. The van der Waals surface area contributed by atoms with Crippen LogP contribution in [0.25, 0.3) is 0 Å². The molecule has 0 heterocycles. The summed E-state index contributed by atoms with van der Waals surface area (Å²) >= 11 is 0. The van der Waals surface area contributed by atoms with Crippen molar-refractivity contribution in [3.8, 4) is 17.2 Å². The molecule has 39 heavy (non-hydrogen) atoms. The molecule has 0 aliphatic rings. The van der Waals surface area contributed by atoms with E-state index in [1.54, 1.807) is 111 Å². The van der Waals surface area contributed by atoms with E-state index in [-0.39, 0.29) is 16.4 Å². The fourth-order valence-corrected chi connectivity index (χ4v) is 8.72. The van der Waals surface area contributed by atoms with Crippen molar-refractivity contribution in [2.24, 2.45) is 0 Å². The molecule has 7 nitrogen and oxygen atoms in total. The molecule has 0 aliphatic carbocycles. The summed E-state index contributed by atoms with van der Waals surface area (Å²) in [5.74, 6) is 1.08. The monoisotopic (exact) mass is 565 g/mol. The summed E-state index contributed by atoms with van der Waals surface area (Å²) in [6, 6.07) is 27.3. The maximum atomic E-state index is 15.1. The first-order valence-corrected chi connectivity index (χ1v) is 15.4. The van der Waals surface area contributed by atoms with Gasteiger partial charge in [0.1, 0.15) is 17.2 Å². The number of hydrogen-bond acceptors (Lipinski definition) is 6. The third kappa shape index (κ3) is 6.04. The van der Waals surface area contributed by atoms with Crippen LogP contribution >= 0.6 is 7.60 Å². The molecule has 0 fully saturated rings. The van der Waals surface area contributed by atoms with E-state index in [0.29, 0.717) is 22.4 Å². The van der Waals surface area contributed by atoms with Gasteiger partial charge in [0, 0.05) is 0 Å². The van der Waals surface area contributed by atoms with Crippen LogP contribution in [0.15, 0.2) is 102 Å². The summed E-state index contributed by atoms with van der Waals surface area (Å²) in [7, 11) is -7.13. The SMILES string of the molecule is COc1ccc(C(C)(NS(=O)(=O)c2c(C)cc(C)cc2C)P(=O)(Oc2ccccc2)Oc2ccccc2)cc1. The Kier molecular flexibility index (Phi) is 8.21. The first-order valence-electron chi connectivity index (χ1n) is 12.3. The highest BCUT2D eigenvalue weighted by molar-refractivity contribution is 7.90. The Hall–Kier alpha value is -3.58. The number of benzene rings is 4. The molecule has 0 saturated heterocycles. The second-order valence-corrected chi connectivity index (χ2v) is 13.3. The van der Waals surface area contributed by atoms with E-state index >= 15 is 4.57 Å².